The van der Waals surface area contributed by atoms with Crippen molar-refractivity contribution in [2.24, 2.45) is 0 Å². The first-order valence-electron chi connectivity index (χ1n) is 8.10. The van der Waals surface area contributed by atoms with E-state index < -0.39 is 0 Å². The van der Waals surface area contributed by atoms with Crippen molar-refractivity contribution >= 4 is 28.6 Å². The van der Waals surface area contributed by atoms with Crippen LogP contribution in [0.1, 0.15) is 63.0 Å². The summed E-state index contributed by atoms with van der Waals surface area (Å²) in [6.45, 7) is 12.9. The van der Waals surface area contributed by atoms with Crippen LogP contribution >= 0.6 is 22.6 Å². The van der Waals surface area contributed by atoms with Gasteiger partial charge in [-0.15, -0.1) is 0 Å². The highest BCUT2D eigenvalue weighted by Gasteiger charge is 2.22. The Morgan fingerprint density at radius 1 is 0.833 bits per heavy atom. The summed E-state index contributed by atoms with van der Waals surface area (Å²) in [5.74, 6) is 0.256. The number of hydrogen-bond acceptors (Lipinski definition) is 2. The van der Waals surface area contributed by atoms with Gasteiger partial charge in [0, 0.05) is 3.57 Å². The molecule has 2 nitrogen and oxygen atoms in total. The van der Waals surface area contributed by atoms with Gasteiger partial charge < -0.3 is 4.74 Å². The van der Waals surface area contributed by atoms with E-state index in [1.165, 1.54) is 0 Å². The molecule has 2 aromatic rings. The minimum Gasteiger partial charge on any atom is -0.423 e. The van der Waals surface area contributed by atoms with E-state index in [1.54, 1.807) is 0 Å². The van der Waals surface area contributed by atoms with Gasteiger partial charge in [-0.25, -0.2) is 4.79 Å². The Morgan fingerprint density at radius 3 is 1.71 bits per heavy atom. The highest BCUT2D eigenvalue weighted by atomic mass is 127. The second-order valence-electron chi connectivity index (χ2n) is 8.14. The lowest BCUT2D eigenvalue weighted by Gasteiger charge is -2.25. The molecule has 0 aliphatic carbocycles. The van der Waals surface area contributed by atoms with E-state index in [0.717, 1.165) is 14.7 Å². The molecule has 0 atom stereocenters. The minimum atomic E-state index is -0.312. The number of esters is 1. The largest absolute Gasteiger partial charge is 0.423 e. The maximum Gasteiger partial charge on any atom is 0.343 e. The summed E-state index contributed by atoms with van der Waals surface area (Å²) in [6, 6.07) is 13.6. The summed E-state index contributed by atoms with van der Waals surface area (Å²) in [4.78, 5) is 12.6. The number of benzene rings is 2. The molecule has 0 heterocycles. The van der Waals surface area contributed by atoms with E-state index in [9.17, 15) is 4.79 Å². The summed E-state index contributed by atoms with van der Waals surface area (Å²) < 4.78 is 6.66. The Balaban J connectivity index is 2.40. The molecule has 0 fully saturated rings. The summed E-state index contributed by atoms with van der Waals surface area (Å²) in [7, 11) is 0. The lowest BCUT2D eigenvalue weighted by Crippen LogP contribution is -2.19. The number of carbonyl (C=O) groups is 1. The third-order valence-electron chi connectivity index (χ3n) is 3.92. The fourth-order valence-corrected chi connectivity index (χ4v) is 2.64. The molecule has 0 aliphatic rings. The van der Waals surface area contributed by atoms with Gasteiger partial charge in [-0.05, 0) is 80.9 Å². The van der Waals surface area contributed by atoms with Gasteiger partial charge in [-0.1, -0.05) is 47.6 Å². The highest BCUT2D eigenvalue weighted by Crippen LogP contribution is 2.30. The van der Waals surface area contributed by atoms with E-state index in [-0.39, 0.29) is 16.8 Å². The molecule has 0 N–H and O–H groups in total. The second-order valence-corrected chi connectivity index (χ2v) is 9.39. The predicted octanol–water partition coefficient (Wildman–Crippen LogP) is 6.11. The smallest absolute Gasteiger partial charge is 0.343 e. The SMILES string of the molecule is CC(C)(C)c1cc(C(=O)Oc2ccc(I)cc2)cc(C(C)(C)C)c1. The number of halogens is 1. The molecule has 0 spiro atoms. The standard InChI is InChI=1S/C21H25IO2/c1-20(2,3)15-11-14(12-16(13-15)21(4,5)6)19(23)24-18-9-7-17(22)8-10-18/h7-13H,1-6H3. The van der Waals surface area contributed by atoms with Crippen molar-refractivity contribution in [3.63, 3.8) is 0 Å². The third kappa shape index (κ3) is 4.82. The molecule has 3 heteroatoms. The molecular weight excluding hydrogens is 411 g/mol. The number of carbonyl (C=O) groups excluding carboxylic acids is 1. The maximum atomic E-state index is 12.6. The Morgan fingerprint density at radius 2 is 1.29 bits per heavy atom. The molecule has 0 aliphatic heterocycles. The van der Waals surface area contributed by atoms with Gasteiger partial charge >= 0.3 is 5.97 Å². The molecule has 0 aromatic heterocycles. The van der Waals surface area contributed by atoms with Gasteiger partial charge in [0.25, 0.3) is 0 Å². The van der Waals surface area contributed by atoms with Crippen molar-refractivity contribution in [3.05, 3.63) is 62.7 Å². The van der Waals surface area contributed by atoms with Crippen LogP contribution in [0, 0.1) is 3.57 Å². The molecule has 0 radical (unpaired) electrons. The number of ether oxygens (including phenoxy) is 1. The fraction of sp³-hybridized carbons (Fsp3) is 0.381. The summed E-state index contributed by atoms with van der Waals surface area (Å²) in [6.07, 6.45) is 0. The van der Waals surface area contributed by atoms with Crippen LogP contribution in [0.15, 0.2) is 42.5 Å². The topological polar surface area (TPSA) is 26.3 Å². The molecule has 2 rings (SSSR count). The fourth-order valence-electron chi connectivity index (χ4n) is 2.28. The van der Waals surface area contributed by atoms with Crippen LogP contribution in [0.2, 0.25) is 0 Å². The van der Waals surface area contributed by atoms with Gasteiger partial charge in [-0.3, -0.25) is 0 Å². The molecule has 0 saturated carbocycles. The quantitative estimate of drug-likeness (QED) is 0.323. The van der Waals surface area contributed by atoms with Crippen LogP contribution in [0.5, 0.6) is 5.75 Å². The number of rotatable bonds is 2. The van der Waals surface area contributed by atoms with Crippen molar-refractivity contribution in [2.45, 2.75) is 52.4 Å². The first kappa shape index (κ1) is 19.0. The van der Waals surface area contributed by atoms with Gasteiger partial charge in [0.2, 0.25) is 0 Å². The first-order valence-corrected chi connectivity index (χ1v) is 9.18. The predicted molar refractivity (Wildman–Crippen MR) is 108 cm³/mol. The van der Waals surface area contributed by atoms with Gasteiger partial charge in [0.15, 0.2) is 0 Å². The zero-order valence-corrected chi connectivity index (χ0v) is 17.4. The molecule has 128 valence electrons. The summed E-state index contributed by atoms with van der Waals surface area (Å²) in [5, 5.41) is 0. The monoisotopic (exact) mass is 436 g/mol. The second kappa shape index (κ2) is 6.87. The van der Waals surface area contributed by atoms with Crippen molar-refractivity contribution in [2.75, 3.05) is 0 Å². The molecular formula is C21H25IO2. The zero-order valence-electron chi connectivity index (χ0n) is 15.2. The van der Waals surface area contributed by atoms with Gasteiger partial charge in [0.05, 0.1) is 5.56 Å². The van der Waals surface area contributed by atoms with E-state index in [4.69, 9.17) is 4.74 Å². The minimum absolute atomic E-state index is 0.0286. The van der Waals surface area contributed by atoms with Crippen LogP contribution < -0.4 is 4.74 Å². The molecule has 0 unspecified atom stereocenters. The van der Waals surface area contributed by atoms with Crippen LogP contribution in [-0.2, 0) is 10.8 Å². The van der Waals surface area contributed by atoms with E-state index in [0.29, 0.717) is 11.3 Å². The van der Waals surface area contributed by atoms with Crippen LogP contribution in [-0.4, -0.2) is 5.97 Å². The average Bonchev–Trinajstić information content (AvgIpc) is 2.47. The van der Waals surface area contributed by atoms with E-state index in [1.807, 2.05) is 36.4 Å². The summed E-state index contributed by atoms with van der Waals surface area (Å²) in [5.41, 5.74) is 2.83. The van der Waals surface area contributed by atoms with E-state index >= 15 is 0 Å². The highest BCUT2D eigenvalue weighted by molar-refractivity contribution is 14.1. The molecule has 2 aromatic carbocycles. The van der Waals surface area contributed by atoms with Crippen LogP contribution in [0.4, 0.5) is 0 Å². The Bertz CT molecular complexity index is 700. The molecule has 24 heavy (non-hydrogen) atoms. The Hall–Kier alpha value is -1.36. The summed E-state index contributed by atoms with van der Waals surface area (Å²) >= 11 is 2.23. The molecule has 0 bridgehead atoms. The van der Waals surface area contributed by atoms with Crippen LogP contribution in [0.3, 0.4) is 0 Å². The molecule has 0 saturated heterocycles. The Kier molecular flexibility index (Phi) is 5.43. The van der Waals surface area contributed by atoms with Crippen molar-refractivity contribution < 1.29 is 9.53 Å². The van der Waals surface area contributed by atoms with E-state index in [2.05, 4.69) is 70.2 Å². The van der Waals surface area contributed by atoms with Crippen LogP contribution in [0.25, 0.3) is 0 Å². The Labute approximate surface area is 158 Å². The third-order valence-corrected chi connectivity index (χ3v) is 4.64. The van der Waals surface area contributed by atoms with Crippen molar-refractivity contribution in [3.8, 4) is 5.75 Å². The maximum absolute atomic E-state index is 12.6. The van der Waals surface area contributed by atoms with Crippen molar-refractivity contribution in [1.82, 2.24) is 0 Å². The average molecular weight is 436 g/mol. The van der Waals surface area contributed by atoms with Gasteiger partial charge in [0.1, 0.15) is 5.75 Å². The first-order chi connectivity index (χ1) is 11.0. The van der Waals surface area contributed by atoms with Crippen molar-refractivity contribution in [1.29, 1.82) is 0 Å². The zero-order chi connectivity index (χ0) is 18.1. The lowest BCUT2D eigenvalue weighted by atomic mass is 9.79. The number of hydrogen-bond donors (Lipinski definition) is 0. The normalized spacial score (nSPS) is 12.1. The molecule has 0 amide bonds. The lowest BCUT2D eigenvalue weighted by molar-refractivity contribution is 0.0734. The van der Waals surface area contributed by atoms with Gasteiger partial charge in [-0.2, -0.15) is 0 Å².